The van der Waals surface area contributed by atoms with Gasteiger partial charge >= 0.3 is 0 Å². The smallest absolute Gasteiger partial charge is 0.267 e. The van der Waals surface area contributed by atoms with Crippen molar-refractivity contribution in [1.29, 1.82) is 0 Å². The molecular weight excluding hydrogens is 396 g/mol. The molecule has 0 spiro atoms. The summed E-state index contributed by atoms with van der Waals surface area (Å²) in [5.41, 5.74) is 5.64. The minimum atomic E-state index is -0.306. The van der Waals surface area contributed by atoms with Gasteiger partial charge in [0.2, 0.25) is 0 Å². The minimum Gasteiger partial charge on any atom is -0.267 e. The van der Waals surface area contributed by atoms with Crippen LogP contribution >= 0.6 is 22.9 Å². The maximum atomic E-state index is 12.8. The van der Waals surface area contributed by atoms with Crippen LogP contribution in [-0.2, 0) is 0 Å². The zero-order chi connectivity index (χ0) is 19.8. The highest BCUT2D eigenvalue weighted by atomic mass is 35.5. The molecule has 0 radical (unpaired) electrons. The number of aryl methyl sites for hydroxylation is 1. The quantitative estimate of drug-likeness (QED) is 0.536. The lowest BCUT2D eigenvalue weighted by atomic mass is 10.0. The van der Waals surface area contributed by atoms with E-state index in [9.17, 15) is 4.79 Å². The van der Waals surface area contributed by atoms with E-state index < -0.39 is 0 Å². The first kappa shape index (κ1) is 18.5. The zero-order valence-electron chi connectivity index (χ0n) is 15.5. The molecule has 4 aromatic rings. The molecule has 0 atom stereocenters. The number of amides is 1. The van der Waals surface area contributed by atoms with Crippen molar-refractivity contribution >= 4 is 39.9 Å². The van der Waals surface area contributed by atoms with E-state index in [0.29, 0.717) is 38.8 Å². The van der Waals surface area contributed by atoms with Gasteiger partial charge in [-0.1, -0.05) is 25.4 Å². The van der Waals surface area contributed by atoms with Crippen molar-refractivity contribution in [2.24, 2.45) is 0 Å². The molecule has 1 amide bonds. The Morgan fingerprint density at radius 3 is 2.79 bits per heavy atom. The van der Waals surface area contributed by atoms with Gasteiger partial charge < -0.3 is 0 Å². The average molecular weight is 413 g/mol. The van der Waals surface area contributed by atoms with Gasteiger partial charge in [0.1, 0.15) is 5.15 Å². The van der Waals surface area contributed by atoms with Crippen LogP contribution in [0.1, 0.15) is 41.4 Å². The second-order valence-electron chi connectivity index (χ2n) is 6.59. The van der Waals surface area contributed by atoms with Gasteiger partial charge in [0.15, 0.2) is 16.5 Å². The van der Waals surface area contributed by atoms with Crippen molar-refractivity contribution < 1.29 is 4.79 Å². The number of halogens is 1. The summed E-state index contributed by atoms with van der Waals surface area (Å²) in [7, 11) is 0. The molecule has 0 saturated carbocycles. The molecule has 0 aliphatic carbocycles. The van der Waals surface area contributed by atoms with Crippen LogP contribution in [0.5, 0.6) is 0 Å². The van der Waals surface area contributed by atoms with Gasteiger partial charge in [-0.25, -0.2) is 24.6 Å². The van der Waals surface area contributed by atoms with Crippen LogP contribution in [0.3, 0.4) is 0 Å². The number of hydrogen-bond donors (Lipinski definition) is 1. The van der Waals surface area contributed by atoms with Crippen LogP contribution in [0.15, 0.2) is 36.1 Å². The summed E-state index contributed by atoms with van der Waals surface area (Å²) in [5, 5.41) is 3.74. The Balaban J connectivity index is 1.65. The van der Waals surface area contributed by atoms with E-state index in [1.165, 1.54) is 17.5 Å². The highest BCUT2D eigenvalue weighted by molar-refractivity contribution is 7.13. The molecule has 4 heterocycles. The van der Waals surface area contributed by atoms with E-state index in [-0.39, 0.29) is 5.91 Å². The summed E-state index contributed by atoms with van der Waals surface area (Å²) >= 11 is 7.22. The predicted molar refractivity (Wildman–Crippen MR) is 110 cm³/mol. The molecule has 28 heavy (non-hydrogen) atoms. The number of thiazole rings is 1. The Kier molecular flexibility index (Phi) is 4.82. The molecule has 7 nitrogen and oxygen atoms in total. The number of carbonyl (C=O) groups is 1. The number of hydrogen-bond acceptors (Lipinski definition) is 6. The van der Waals surface area contributed by atoms with Crippen LogP contribution in [0.25, 0.3) is 21.9 Å². The third kappa shape index (κ3) is 3.36. The van der Waals surface area contributed by atoms with Gasteiger partial charge in [-0.15, -0.1) is 11.3 Å². The Labute approximate surface area is 170 Å². The fourth-order valence-electron chi connectivity index (χ4n) is 2.95. The van der Waals surface area contributed by atoms with Crippen molar-refractivity contribution in [3.05, 3.63) is 58.1 Å². The standard InChI is InChI=1S/C19H17ClN6OS/c1-10(2)14-8-26(17-12(14)5-4-6-21-17)25-18(27)13-7-22-16(23-11(13)3)19-24-15(20)9-28-19/h4-10H,1-3H3,(H,25,27). The van der Waals surface area contributed by atoms with E-state index in [1.807, 2.05) is 18.3 Å². The first-order chi connectivity index (χ1) is 13.4. The average Bonchev–Trinajstić information content (AvgIpc) is 3.26. The van der Waals surface area contributed by atoms with E-state index in [2.05, 4.69) is 39.2 Å². The van der Waals surface area contributed by atoms with Crippen molar-refractivity contribution in [2.45, 2.75) is 26.7 Å². The Morgan fingerprint density at radius 1 is 1.29 bits per heavy atom. The van der Waals surface area contributed by atoms with Crippen LogP contribution in [0, 0.1) is 6.92 Å². The molecule has 0 aromatic carbocycles. The number of rotatable bonds is 4. The maximum absolute atomic E-state index is 12.8. The van der Waals surface area contributed by atoms with Crippen molar-refractivity contribution in [3.63, 3.8) is 0 Å². The van der Waals surface area contributed by atoms with Gasteiger partial charge in [-0.2, -0.15) is 0 Å². The second-order valence-corrected chi connectivity index (χ2v) is 7.84. The number of pyridine rings is 1. The maximum Gasteiger partial charge on any atom is 0.273 e. The largest absolute Gasteiger partial charge is 0.273 e. The molecule has 0 bridgehead atoms. The Hall–Kier alpha value is -2.84. The van der Waals surface area contributed by atoms with Gasteiger partial charge in [-0.05, 0) is 30.5 Å². The third-order valence-electron chi connectivity index (χ3n) is 4.33. The molecule has 9 heteroatoms. The molecule has 0 fully saturated rings. The fourth-order valence-corrected chi connectivity index (χ4v) is 3.83. The van der Waals surface area contributed by atoms with Crippen LogP contribution < -0.4 is 5.43 Å². The summed E-state index contributed by atoms with van der Waals surface area (Å²) in [6, 6.07) is 3.89. The molecule has 1 N–H and O–H groups in total. The van der Waals surface area contributed by atoms with E-state index in [0.717, 1.165) is 10.9 Å². The van der Waals surface area contributed by atoms with Gasteiger partial charge in [-0.3, -0.25) is 10.2 Å². The summed E-state index contributed by atoms with van der Waals surface area (Å²) in [4.78, 5) is 30.1. The number of nitrogens with zero attached hydrogens (tertiary/aromatic N) is 5. The molecule has 4 aromatic heterocycles. The van der Waals surface area contributed by atoms with Crippen LogP contribution in [0.4, 0.5) is 0 Å². The molecule has 4 rings (SSSR count). The van der Waals surface area contributed by atoms with Crippen molar-refractivity contribution in [1.82, 2.24) is 24.6 Å². The third-order valence-corrected chi connectivity index (χ3v) is 5.49. The first-order valence-corrected chi connectivity index (χ1v) is 9.92. The van der Waals surface area contributed by atoms with E-state index in [1.54, 1.807) is 23.2 Å². The van der Waals surface area contributed by atoms with Crippen LogP contribution in [-0.4, -0.2) is 30.5 Å². The summed E-state index contributed by atoms with van der Waals surface area (Å²) in [5.74, 6) is 0.444. The normalized spacial score (nSPS) is 11.3. The number of aromatic nitrogens is 5. The SMILES string of the molecule is Cc1nc(-c2nc(Cl)cs2)ncc1C(=O)Nn1cc(C(C)C)c2cccnc21. The first-order valence-electron chi connectivity index (χ1n) is 8.66. The monoisotopic (exact) mass is 412 g/mol. The molecule has 0 saturated heterocycles. The lowest BCUT2D eigenvalue weighted by molar-refractivity contribution is 0.101. The van der Waals surface area contributed by atoms with Gasteiger partial charge in [0.05, 0.1) is 11.3 Å². The van der Waals surface area contributed by atoms with E-state index in [4.69, 9.17) is 11.6 Å². The van der Waals surface area contributed by atoms with Crippen molar-refractivity contribution in [2.75, 3.05) is 5.43 Å². The molecular formula is C19H17ClN6OS. The number of nitrogens with one attached hydrogen (secondary N) is 1. The fraction of sp³-hybridized carbons (Fsp3) is 0.211. The Bertz CT molecular complexity index is 1180. The molecule has 0 aliphatic rings. The lowest BCUT2D eigenvalue weighted by Crippen LogP contribution is -2.23. The van der Waals surface area contributed by atoms with Gasteiger partial charge in [0, 0.05) is 29.4 Å². The number of carbonyl (C=O) groups excluding carboxylic acids is 1. The van der Waals surface area contributed by atoms with Crippen molar-refractivity contribution in [3.8, 4) is 10.8 Å². The molecule has 0 unspecified atom stereocenters. The summed E-state index contributed by atoms with van der Waals surface area (Å²) < 4.78 is 1.65. The summed E-state index contributed by atoms with van der Waals surface area (Å²) in [6.07, 6.45) is 5.12. The predicted octanol–water partition coefficient (Wildman–Crippen LogP) is 4.42. The highest BCUT2D eigenvalue weighted by Gasteiger charge is 2.17. The van der Waals surface area contributed by atoms with Gasteiger partial charge in [0.25, 0.3) is 5.91 Å². The highest BCUT2D eigenvalue weighted by Crippen LogP contribution is 2.26. The zero-order valence-corrected chi connectivity index (χ0v) is 17.0. The Morgan fingerprint density at radius 2 is 2.11 bits per heavy atom. The van der Waals surface area contributed by atoms with E-state index >= 15 is 0 Å². The minimum absolute atomic E-state index is 0.305. The second kappa shape index (κ2) is 7.29. The lowest BCUT2D eigenvalue weighted by Gasteiger charge is -2.09. The van der Waals surface area contributed by atoms with Crippen LogP contribution in [0.2, 0.25) is 5.15 Å². The summed E-state index contributed by atoms with van der Waals surface area (Å²) in [6.45, 7) is 5.98. The molecule has 0 aliphatic heterocycles. The molecule has 142 valence electrons. The number of fused-ring (bicyclic) bond motifs is 1. The topological polar surface area (TPSA) is 85.6 Å².